The number of carbonyl (C=O) groups is 1. The molecule has 1 atom stereocenters. The van der Waals surface area contributed by atoms with Gasteiger partial charge < -0.3 is 10.6 Å². The highest BCUT2D eigenvalue weighted by Crippen LogP contribution is 2.10. The van der Waals surface area contributed by atoms with Gasteiger partial charge in [-0.15, -0.1) is 6.42 Å². The van der Waals surface area contributed by atoms with Crippen LogP contribution in [0.2, 0.25) is 0 Å². The molecule has 3 heteroatoms. The summed E-state index contributed by atoms with van der Waals surface area (Å²) in [4.78, 5) is 11.3. The first kappa shape index (κ1) is 11.1. The van der Waals surface area contributed by atoms with Gasteiger partial charge in [0.05, 0.1) is 12.6 Å². The minimum Gasteiger partial charge on any atom is -0.332 e. The highest BCUT2D eigenvalue weighted by atomic mass is 16.2. The first-order valence-corrected chi connectivity index (χ1v) is 4.77. The fourth-order valence-corrected chi connectivity index (χ4v) is 1.20. The molecular weight excluding hydrogens is 188 g/mol. The smallest absolute Gasteiger partial charge is 0.316 e. The van der Waals surface area contributed by atoms with Gasteiger partial charge in [0.15, 0.2) is 0 Å². The molecule has 2 N–H and O–H groups in total. The zero-order valence-corrected chi connectivity index (χ0v) is 8.66. The Labute approximate surface area is 89.9 Å². The van der Waals surface area contributed by atoms with Crippen LogP contribution >= 0.6 is 0 Å². The number of amides is 2. The van der Waals surface area contributed by atoms with E-state index < -0.39 is 0 Å². The molecule has 1 unspecified atom stereocenters. The van der Waals surface area contributed by atoms with Crippen molar-refractivity contribution in [2.24, 2.45) is 0 Å². The van der Waals surface area contributed by atoms with Crippen LogP contribution in [0.1, 0.15) is 18.5 Å². The second-order valence-electron chi connectivity index (χ2n) is 3.16. The zero-order chi connectivity index (χ0) is 11.1. The Morgan fingerprint density at radius 3 is 2.73 bits per heavy atom. The van der Waals surface area contributed by atoms with E-state index in [-0.39, 0.29) is 18.6 Å². The normalized spacial score (nSPS) is 11.2. The van der Waals surface area contributed by atoms with Crippen LogP contribution in [0.5, 0.6) is 0 Å². The number of terminal acetylenes is 1. The van der Waals surface area contributed by atoms with Gasteiger partial charge in [-0.25, -0.2) is 4.79 Å². The monoisotopic (exact) mass is 202 g/mol. The fraction of sp³-hybridized carbons (Fsp3) is 0.250. The molecule has 0 saturated carbocycles. The van der Waals surface area contributed by atoms with E-state index in [9.17, 15) is 4.79 Å². The molecule has 0 aliphatic heterocycles. The first-order chi connectivity index (χ1) is 7.24. The van der Waals surface area contributed by atoms with E-state index in [1.54, 1.807) is 0 Å². The van der Waals surface area contributed by atoms with Crippen LogP contribution in [0.25, 0.3) is 0 Å². The third-order valence-corrected chi connectivity index (χ3v) is 2.00. The number of hydrogen-bond acceptors (Lipinski definition) is 1. The molecule has 0 saturated heterocycles. The van der Waals surface area contributed by atoms with Crippen LogP contribution in [-0.4, -0.2) is 12.6 Å². The van der Waals surface area contributed by atoms with Crippen molar-refractivity contribution < 1.29 is 4.79 Å². The first-order valence-electron chi connectivity index (χ1n) is 4.77. The third-order valence-electron chi connectivity index (χ3n) is 2.00. The molecule has 0 fully saturated rings. The molecule has 1 aromatic carbocycles. The summed E-state index contributed by atoms with van der Waals surface area (Å²) >= 11 is 0. The van der Waals surface area contributed by atoms with E-state index in [1.807, 2.05) is 37.3 Å². The van der Waals surface area contributed by atoms with Gasteiger partial charge in [0.1, 0.15) is 0 Å². The Balaban J connectivity index is 2.46. The fourth-order valence-electron chi connectivity index (χ4n) is 1.20. The van der Waals surface area contributed by atoms with Gasteiger partial charge in [0.25, 0.3) is 0 Å². The summed E-state index contributed by atoms with van der Waals surface area (Å²) in [6.45, 7) is 2.16. The Morgan fingerprint density at radius 2 is 2.13 bits per heavy atom. The van der Waals surface area contributed by atoms with Gasteiger partial charge in [-0.2, -0.15) is 0 Å². The Bertz CT molecular complexity index is 354. The van der Waals surface area contributed by atoms with E-state index >= 15 is 0 Å². The van der Waals surface area contributed by atoms with Gasteiger partial charge in [-0.1, -0.05) is 36.3 Å². The summed E-state index contributed by atoms with van der Waals surface area (Å²) in [6.07, 6.45) is 5.03. The predicted octanol–water partition coefficient (Wildman–Crippen LogP) is 1.68. The Hall–Kier alpha value is -1.95. The quantitative estimate of drug-likeness (QED) is 0.719. The standard InChI is InChI=1S/C12H14N2O/c1-3-9-13-12(15)14-10(2)11-7-5-4-6-8-11/h1,4-8,10H,9H2,2H3,(H2,13,14,15). The number of carbonyl (C=O) groups excluding carboxylic acids is 1. The van der Waals surface area contributed by atoms with Crippen molar-refractivity contribution in [3.05, 3.63) is 35.9 Å². The van der Waals surface area contributed by atoms with Crippen LogP contribution in [0, 0.1) is 12.3 Å². The molecule has 1 aromatic rings. The summed E-state index contributed by atoms with van der Waals surface area (Å²) in [6, 6.07) is 9.47. The summed E-state index contributed by atoms with van der Waals surface area (Å²) in [5.41, 5.74) is 1.06. The molecule has 0 bridgehead atoms. The second-order valence-corrected chi connectivity index (χ2v) is 3.16. The van der Waals surface area contributed by atoms with Crippen LogP contribution < -0.4 is 10.6 Å². The largest absolute Gasteiger partial charge is 0.332 e. The molecule has 0 aliphatic rings. The van der Waals surface area contributed by atoms with Crippen molar-refractivity contribution >= 4 is 6.03 Å². The molecule has 0 heterocycles. The molecule has 3 nitrogen and oxygen atoms in total. The van der Waals surface area contributed by atoms with Gasteiger partial charge in [0.2, 0.25) is 0 Å². The number of hydrogen-bond donors (Lipinski definition) is 2. The lowest BCUT2D eigenvalue weighted by Crippen LogP contribution is -2.37. The summed E-state index contributed by atoms with van der Waals surface area (Å²) < 4.78 is 0. The van der Waals surface area contributed by atoms with Crippen LogP contribution in [-0.2, 0) is 0 Å². The molecule has 1 rings (SSSR count). The number of rotatable bonds is 3. The number of urea groups is 1. The van der Waals surface area contributed by atoms with Crippen LogP contribution in [0.4, 0.5) is 4.79 Å². The van der Waals surface area contributed by atoms with Crippen molar-refractivity contribution in [1.29, 1.82) is 0 Å². The van der Waals surface area contributed by atoms with E-state index in [0.29, 0.717) is 0 Å². The van der Waals surface area contributed by atoms with Crippen molar-refractivity contribution in [3.63, 3.8) is 0 Å². The minimum absolute atomic E-state index is 0.0241. The maximum Gasteiger partial charge on any atom is 0.316 e. The average Bonchev–Trinajstić information content (AvgIpc) is 2.27. The van der Waals surface area contributed by atoms with Crippen LogP contribution in [0.15, 0.2) is 30.3 Å². The molecule has 0 spiro atoms. The van der Waals surface area contributed by atoms with Crippen molar-refractivity contribution in [3.8, 4) is 12.3 Å². The lowest BCUT2D eigenvalue weighted by atomic mass is 10.1. The van der Waals surface area contributed by atoms with Crippen molar-refractivity contribution in [2.75, 3.05) is 6.54 Å². The van der Waals surface area contributed by atoms with Gasteiger partial charge in [0, 0.05) is 0 Å². The molecular formula is C12H14N2O. The Kier molecular flexibility index (Phi) is 4.24. The molecule has 0 radical (unpaired) electrons. The highest BCUT2D eigenvalue weighted by Gasteiger charge is 2.07. The van der Waals surface area contributed by atoms with Crippen molar-refractivity contribution in [1.82, 2.24) is 10.6 Å². The van der Waals surface area contributed by atoms with Gasteiger partial charge >= 0.3 is 6.03 Å². The lowest BCUT2D eigenvalue weighted by molar-refractivity contribution is 0.239. The lowest BCUT2D eigenvalue weighted by Gasteiger charge is -2.13. The number of nitrogens with one attached hydrogen (secondary N) is 2. The third kappa shape index (κ3) is 3.74. The van der Waals surface area contributed by atoms with Crippen LogP contribution in [0.3, 0.4) is 0 Å². The van der Waals surface area contributed by atoms with Gasteiger partial charge in [-0.3, -0.25) is 0 Å². The maximum absolute atomic E-state index is 11.3. The van der Waals surface area contributed by atoms with E-state index in [4.69, 9.17) is 6.42 Å². The molecule has 15 heavy (non-hydrogen) atoms. The second kappa shape index (κ2) is 5.71. The van der Waals surface area contributed by atoms with E-state index in [0.717, 1.165) is 5.56 Å². The van der Waals surface area contributed by atoms with E-state index in [1.165, 1.54) is 0 Å². The molecule has 0 aliphatic carbocycles. The Morgan fingerprint density at radius 1 is 1.47 bits per heavy atom. The number of benzene rings is 1. The average molecular weight is 202 g/mol. The summed E-state index contributed by atoms with van der Waals surface area (Å²) in [5.74, 6) is 2.34. The minimum atomic E-state index is -0.246. The highest BCUT2D eigenvalue weighted by molar-refractivity contribution is 5.74. The molecule has 78 valence electrons. The molecule has 0 aromatic heterocycles. The topological polar surface area (TPSA) is 41.1 Å². The summed E-state index contributed by atoms with van der Waals surface area (Å²) in [5, 5.41) is 5.33. The predicted molar refractivity (Wildman–Crippen MR) is 60.2 cm³/mol. The van der Waals surface area contributed by atoms with E-state index in [2.05, 4.69) is 16.6 Å². The van der Waals surface area contributed by atoms with Crippen molar-refractivity contribution in [2.45, 2.75) is 13.0 Å². The maximum atomic E-state index is 11.3. The summed E-state index contributed by atoms with van der Waals surface area (Å²) in [7, 11) is 0. The zero-order valence-electron chi connectivity index (χ0n) is 8.66. The van der Waals surface area contributed by atoms with Gasteiger partial charge in [-0.05, 0) is 12.5 Å². The SMILES string of the molecule is C#CCNC(=O)NC(C)c1ccccc1. The molecule has 2 amide bonds.